The fourth-order valence-electron chi connectivity index (χ4n) is 2.41. The summed E-state index contributed by atoms with van der Waals surface area (Å²) in [6.07, 6.45) is -3.05. The SMILES string of the molecule is CC1CC(NC(c2ccccc2)C(F)(F)F)CCO1. The first kappa shape index (κ1) is 14.3. The van der Waals surface area contributed by atoms with Gasteiger partial charge in [0.05, 0.1) is 6.10 Å². The predicted molar refractivity (Wildman–Crippen MR) is 66.8 cm³/mol. The van der Waals surface area contributed by atoms with Crippen LogP contribution in [0.3, 0.4) is 0 Å². The Balaban J connectivity index is 2.11. The van der Waals surface area contributed by atoms with Crippen LogP contribution in [0.4, 0.5) is 13.2 Å². The van der Waals surface area contributed by atoms with Crippen molar-refractivity contribution in [1.29, 1.82) is 0 Å². The van der Waals surface area contributed by atoms with Crippen molar-refractivity contribution in [2.45, 2.75) is 44.1 Å². The van der Waals surface area contributed by atoms with E-state index in [0.29, 0.717) is 19.4 Å². The summed E-state index contributed by atoms with van der Waals surface area (Å²) in [5.74, 6) is 0. The van der Waals surface area contributed by atoms with Crippen LogP contribution >= 0.6 is 0 Å². The van der Waals surface area contributed by atoms with E-state index in [2.05, 4.69) is 5.32 Å². The minimum Gasteiger partial charge on any atom is -0.378 e. The molecule has 1 saturated heterocycles. The normalized spacial score (nSPS) is 26.1. The zero-order valence-corrected chi connectivity index (χ0v) is 10.8. The molecular formula is C14H18F3NO. The number of hydrogen-bond donors (Lipinski definition) is 1. The van der Waals surface area contributed by atoms with Gasteiger partial charge in [-0.15, -0.1) is 0 Å². The molecule has 0 aromatic heterocycles. The second-order valence-electron chi connectivity index (χ2n) is 4.95. The van der Waals surface area contributed by atoms with Gasteiger partial charge < -0.3 is 4.74 Å². The highest BCUT2D eigenvalue weighted by Gasteiger charge is 2.42. The molecule has 0 saturated carbocycles. The van der Waals surface area contributed by atoms with Crippen LogP contribution in [0.5, 0.6) is 0 Å². The van der Waals surface area contributed by atoms with Crippen molar-refractivity contribution >= 4 is 0 Å². The van der Waals surface area contributed by atoms with Crippen molar-refractivity contribution in [3.63, 3.8) is 0 Å². The highest BCUT2D eigenvalue weighted by Crippen LogP contribution is 2.34. The number of hydrogen-bond acceptors (Lipinski definition) is 2. The molecule has 1 aliphatic heterocycles. The predicted octanol–water partition coefficient (Wildman–Crippen LogP) is 3.45. The highest BCUT2D eigenvalue weighted by atomic mass is 19.4. The van der Waals surface area contributed by atoms with Gasteiger partial charge in [-0.1, -0.05) is 30.3 Å². The molecule has 106 valence electrons. The molecule has 1 aromatic carbocycles. The van der Waals surface area contributed by atoms with Gasteiger partial charge in [-0.25, -0.2) is 0 Å². The zero-order valence-electron chi connectivity index (χ0n) is 10.8. The molecule has 0 bridgehead atoms. The Hall–Kier alpha value is -1.07. The quantitative estimate of drug-likeness (QED) is 0.910. The fourth-order valence-corrected chi connectivity index (χ4v) is 2.41. The summed E-state index contributed by atoms with van der Waals surface area (Å²) >= 11 is 0. The monoisotopic (exact) mass is 273 g/mol. The lowest BCUT2D eigenvalue weighted by atomic mass is 10.00. The zero-order chi connectivity index (χ0) is 13.9. The van der Waals surface area contributed by atoms with E-state index in [1.54, 1.807) is 18.2 Å². The molecule has 2 rings (SSSR count). The number of rotatable bonds is 3. The molecule has 0 amide bonds. The van der Waals surface area contributed by atoms with Crippen LogP contribution < -0.4 is 5.32 Å². The van der Waals surface area contributed by atoms with Crippen molar-refractivity contribution < 1.29 is 17.9 Å². The standard InChI is InChI=1S/C14H18F3NO/c1-10-9-12(7-8-19-10)18-13(14(15,16)17)11-5-3-2-4-6-11/h2-6,10,12-13,18H,7-9H2,1H3. The molecule has 0 spiro atoms. The molecule has 3 unspecified atom stereocenters. The number of benzene rings is 1. The van der Waals surface area contributed by atoms with Gasteiger partial charge in [-0.2, -0.15) is 13.2 Å². The van der Waals surface area contributed by atoms with E-state index in [1.165, 1.54) is 12.1 Å². The van der Waals surface area contributed by atoms with Gasteiger partial charge in [0.25, 0.3) is 0 Å². The maximum absolute atomic E-state index is 13.2. The summed E-state index contributed by atoms with van der Waals surface area (Å²) in [5, 5.41) is 2.74. The van der Waals surface area contributed by atoms with Crippen LogP contribution in [-0.4, -0.2) is 24.9 Å². The van der Waals surface area contributed by atoms with Gasteiger partial charge in [-0.05, 0) is 25.3 Å². The maximum atomic E-state index is 13.2. The second kappa shape index (κ2) is 5.92. The van der Waals surface area contributed by atoms with Crippen LogP contribution in [0.1, 0.15) is 31.4 Å². The van der Waals surface area contributed by atoms with Crippen LogP contribution in [0.2, 0.25) is 0 Å². The molecule has 0 aliphatic carbocycles. The number of ether oxygens (including phenoxy) is 1. The Morgan fingerprint density at radius 2 is 1.95 bits per heavy atom. The lowest BCUT2D eigenvalue weighted by Gasteiger charge is -2.32. The van der Waals surface area contributed by atoms with E-state index in [-0.39, 0.29) is 17.7 Å². The average Bonchev–Trinajstić information content (AvgIpc) is 2.36. The van der Waals surface area contributed by atoms with E-state index >= 15 is 0 Å². The molecule has 1 heterocycles. The Kier molecular flexibility index (Phi) is 4.47. The molecule has 1 fully saturated rings. The van der Waals surface area contributed by atoms with Gasteiger partial charge >= 0.3 is 6.18 Å². The first-order valence-corrected chi connectivity index (χ1v) is 6.46. The van der Waals surface area contributed by atoms with Crippen LogP contribution in [0, 0.1) is 0 Å². The van der Waals surface area contributed by atoms with Crippen LogP contribution in [0.25, 0.3) is 0 Å². The van der Waals surface area contributed by atoms with E-state index in [1.807, 2.05) is 6.92 Å². The molecule has 5 heteroatoms. The van der Waals surface area contributed by atoms with E-state index in [0.717, 1.165) is 0 Å². The van der Waals surface area contributed by atoms with Gasteiger partial charge in [0.2, 0.25) is 0 Å². The number of alkyl halides is 3. The highest BCUT2D eigenvalue weighted by molar-refractivity contribution is 5.20. The third kappa shape index (κ3) is 3.94. The Morgan fingerprint density at radius 1 is 1.26 bits per heavy atom. The smallest absolute Gasteiger partial charge is 0.378 e. The molecule has 1 aromatic rings. The molecule has 1 aliphatic rings. The molecule has 19 heavy (non-hydrogen) atoms. The van der Waals surface area contributed by atoms with Gasteiger partial charge in [0.1, 0.15) is 6.04 Å². The maximum Gasteiger partial charge on any atom is 0.407 e. The minimum atomic E-state index is -4.29. The summed E-state index contributed by atoms with van der Waals surface area (Å²) < 4.78 is 44.9. The van der Waals surface area contributed by atoms with Crippen molar-refractivity contribution in [1.82, 2.24) is 5.32 Å². The molecule has 2 nitrogen and oxygen atoms in total. The molecule has 1 N–H and O–H groups in total. The Morgan fingerprint density at radius 3 is 2.53 bits per heavy atom. The molecule has 0 radical (unpaired) electrons. The Labute approximate surface area is 111 Å². The first-order valence-electron chi connectivity index (χ1n) is 6.46. The summed E-state index contributed by atoms with van der Waals surface area (Å²) in [6.45, 7) is 2.40. The molecule has 3 atom stereocenters. The average molecular weight is 273 g/mol. The number of nitrogens with one attached hydrogen (secondary N) is 1. The summed E-state index contributed by atoms with van der Waals surface area (Å²) in [5.41, 5.74) is 0.258. The van der Waals surface area contributed by atoms with E-state index in [9.17, 15) is 13.2 Å². The second-order valence-corrected chi connectivity index (χ2v) is 4.95. The summed E-state index contributed by atoms with van der Waals surface area (Å²) in [6, 6.07) is 6.22. The molecular weight excluding hydrogens is 255 g/mol. The van der Waals surface area contributed by atoms with Gasteiger partial charge in [-0.3, -0.25) is 5.32 Å². The fraction of sp³-hybridized carbons (Fsp3) is 0.571. The summed E-state index contributed by atoms with van der Waals surface area (Å²) in [4.78, 5) is 0. The van der Waals surface area contributed by atoms with Crippen molar-refractivity contribution in [2.24, 2.45) is 0 Å². The van der Waals surface area contributed by atoms with E-state index in [4.69, 9.17) is 4.74 Å². The Bertz CT molecular complexity index is 393. The van der Waals surface area contributed by atoms with E-state index < -0.39 is 12.2 Å². The summed E-state index contributed by atoms with van der Waals surface area (Å²) in [7, 11) is 0. The third-order valence-electron chi connectivity index (χ3n) is 3.35. The lowest BCUT2D eigenvalue weighted by molar-refractivity contribution is -0.161. The first-order chi connectivity index (χ1) is 8.97. The minimum absolute atomic E-state index is 0.0101. The van der Waals surface area contributed by atoms with Gasteiger partial charge in [0, 0.05) is 12.6 Å². The largest absolute Gasteiger partial charge is 0.407 e. The van der Waals surface area contributed by atoms with Gasteiger partial charge in [0.15, 0.2) is 0 Å². The lowest BCUT2D eigenvalue weighted by Crippen LogP contribution is -2.44. The third-order valence-corrected chi connectivity index (χ3v) is 3.35. The topological polar surface area (TPSA) is 21.3 Å². The van der Waals surface area contributed by atoms with Crippen molar-refractivity contribution in [2.75, 3.05) is 6.61 Å². The van der Waals surface area contributed by atoms with Crippen molar-refractivity contribution in [3.8, 4) is 0 Å². The number of halogens is 3. The van der Waals surface area contributed by atoms with Crippen LogP contribution in [0.15, 0.2) is 30.3 Å². The van der Waals surface area contributed by atoms with Crippen LogP contribution in [-0.2, 0) is 4.74 Å². The van der Waals surface area contributed by atoms with Crippen molar-refractivity contribution in [3.05, 3.63) is 35.9 Å².